The molecule has 2 aliphatic heterocycles. The first-order valence-corrected chi connectivity index (χ1v) is 12.6. The van der Waals surface area contributed by atoms with E-state index in [9.17, 15) is 19.5 Å². The molecule has 0 aromatic carbocycles. The van der Waals surface area contributed by atoms with Gasteiger partial charge in [0.05, 0.1) is 11.2 Å². The third kappa shape index (κ3) is 5.94. The van der Waals surface area contributed by atoms with Crippen LogP contribution in [0.2, 0.25) is 6.32 Å². The molecular weight excluding hydrogens is 453 g/mol. The predicted molar refractivity (Wildman–Crippen MR) is 131 cm³/mol. The van der Waals surface area contributed by atoms with Gasteiger partial charge in [0.1, 0.15) is 17.7 Å². The van der Waals surface area contributed by atoms with Gasteiger partial charge in [-0.3, -0.25) is 9.59 Å². The van der Waals surface area contributed by atoms with Crippen molar-refractivity contribution >= 4 is 25.1 Å². The Morgan fingerprint density at radius 1 is 1.14 bits per heavy atom. The van der Waals surface area contributed by atoms with Crippen molar-refractivity contribution in [1.82, 2.24) is 10.2 Å². The number of alkyl carbamates (subject to hydrolysis) is 1. The van der Waals surface area contributed by atoms with Gasteiger partial charge in [-0.15, -0.1) is 0 Å². The Bertz CT molecular complexity index is 827. The molecule has 2 saturated heterocycles. The van der Waals surface area contributed by atoms with Crippen molar-refractivity contribution in [2.45, 2.75) is 96.4 Å². The number of carboxylic acid groups (broad SMARTS) is 1. The van der Waals surface area contributed by atoms with Crippen LogP contribution in [0, 0.1) is 17.8 Å². The molecule has 0 aromatic heterocycles. The van der Waals surface area contributed by atoms with Crippen molar-refractivity contribution in [1.29, 1.82) is 0 Å². The molecule has 11 heteroatoms. The highest BCUT2D eigenvalue weighted by atomic mass is 16.7. The van der Waals surface area contributed by atoms with Crippen molar-refractivity contribution in [2.75, 3.05) is 19.6 Å². The van der Waals surface area contributed by atoms with Gasteiger partial charge in [0.2, 0.25) is 5.91 Å². The number of carbonyl (C=O) groups is 3. The maximum Gasteiger partial charge on any atom is 0.457 e. The third-order valence-electron chi connectivity index (χ3n) is 8.06. The molecule has 0 unspecified atom stereocenters. The molecular formula is C24H42BN3O7. The van der Waals surface area contributed by atoms with Crippen molar-refractivity contribution < 1.29 is 33.5 Å². The Balaban J connectivity index is 1.57. The van der Waals surface area contributed by atoms with Crippen LogP contribution >= 0.6 is 0 Å². The van der Waals surface area contributed by atoms with Gasteiger partial charge in [-0.2, -0.15) is 0 Å². The second kappa shape index (κ2) is 9.55. The van der Waals surface area contributed by atoms with E-state index >= 15 is 0 Å². The van der Waals surface area contributed by atoms with Gasteiger partial charge < -0.3 is 35.1 Å². The Morgan fingerprint density at radius 3 is 2.29 bits per heavy atom. The predicted octanol–water partition coefficient (Wildman–Crippen LogP) is 2.26. The monoisotopic (exact) mass is 495 g/mol. The molecule has 0 radical (unpaired) electrons. The van der Waals surface area contributed by atoms with E-state index in [4.69, 9.17) is 19.8 Å². The van der Waals surface area contributed by atoms with Crippen LogP contribution in [-0.4, -0.2) is 77.1 Å². The fourth-order valence-electron chi connectivity index (χ4n) is 5.62. The average Bonchev–Trinajstić information content (AvgIpc) is 3.27. The number of aliphatic carboxylic acids is 1. The largest absolute Gasteiger partial charge is 0.480 e. The smallest absolute Gasteiger partial charge is 0.457 e. The summed E-state index contributed by atoms with van der Waals surface area (Å²) in [7, 11) is -0.338. The Kier molecular flexibility index (Phi) is 7.57. The number of nitrogens with two attached hydrogens (primary N) is 1. The molecule has 0 aromatic rings. The van der Waals surface area contributed by atoms with Crippen LogP contribution in [0.15, 0.2) is 0 Å². The molecule has 10 nitrogen and oxygen atoms in total. The van der Waals surface area contributed by atoms with Gasteiger partial charge >= 0.3 is 19.2 Å². The maximum atomic E-state index is 12.7. The minimum Gasteiger partial charge on any atom is -0.480 e. The van der Waals surface area contributed by atoms with Crippen LogP contribution in [0.1, 0.15) is 67.7 Å². The zero-order valence-corrected chi connectivity index (χ0v) is 22.2. The summed E-state index contributed by atoms with van der Waals surface area (Å²) in [6.07, 6.45) is 1.67. The van der Waals surface area contributed by atoms with Crippen LogP contribution < -0.4 is 11.1 Å². The molecule has 3 aliphatic rings. The van der Waals surface area contributed by atoms with E-state index in [0.717, 1.165) is 0 Å². The molecule has 4 atom stereocenters. The fourth-order valence-corrected chi connectivity index (χ4v) is 5.62. The molecule has 2 heterocycles. The van der Waals surface area contributed by atoms with E-state index in [0.29, 0.717) is 38.7 Å². The van der Waals surface area contributed by atoms with Gasteiger partial charge in [-0.25, -0.2) is 4.79 Å². The minimum absolute atomic E-state index is 0.000117. The van der Waals surface area contributed by atoms with E-state index < -0.39 is 34.4 Å². The summed E-state index contributed by atoms with van der Waals surface area (Å²) >= 11 is 0. The number of ether oxygens (including phenoxy) is 1. The average molecular weight is 495 g/mol. The lowest BCUT2D eigenvalue weighted by Gasteiger charge is -2.32. The third-order valence-corrected chi connectivity index (χ3v) is 8.06. The summed E-state index contributed by atoms with van der Waals surface area (Å²) in [5, 5.41) is 12.5. The number of amides is 2. The zero-order valence-electron chi connectivity index (χ0n) is 22.2. The molecule has 0 bridgehead atoms. The summed E-state index contributed by atoms with van der Waals surface area (Å²) in [6, 6.07) is 0. The molecule has 4 N–H and O–H groups in total. The number of carbonyl (C=O) groups excluding carboxylic acids is 2. The first-order valence-electron chi connectivity index (χ1n) is 12.6. The Labute approximate surface area is 208 Å². The highest BCUT2D eigenvalue weighted by Crippen LogP contribution is 2.49. The van der Waals surface area contributed by atoms with Gasteiger partial charge in [-0.05, 0) is 85.4 Å². The second-order valence-electron chi connectivity index (χ2n) is 12.4. The number of nitrogens with one attached hydrogen (secondary N) is 1. The Morgan fingerprint density at radius 2 is 1.74 bits per heavy atom. The molecule has 0 spiro atoms. The second-order valence-corrected chi connectivity index (χ2v) is 12.4. The summed E-state index contributed by atoms with van der Waals surface area (Å²) in [5.74, 6) is -1.44. The summed E-state index contributed by atoms with van der Waals surface area (Å²) in [4.78, 5) is 38.5. The molecule has 1 saturated carbocycles. The number of carboxylic acids is 1. The maximum absolute atomic E-state index is 12.7. The standard InChI is InChI=1S/C24H42BN3O7/c1-21(2,3)33-20(32)27-12-18(29)28-13-15-11-24(26,19(30)31)17(16(15)14-28)9-8-10-25-34-22(4,5)23(6,7)35-25/h15-17H,8-14,26H2,1-7H3,(H,27,32)(H,30,31)/t15-,16+,17-,24-/m0/s1. The number of fused-ring (bicyclic) bond motifs is 1. The van der Waals surface area contributed by atoms with Crippen LogP contribution in [-0.2, 0) is 23.6 Å². The van der Waals surface area contributed by atoms with Gasteiger partial charge in [0.25, 0.3) is 0 Å². The topological polar surface area (TPSA) is 140 Å². The number of likely N-dealkylation sites (tertiary alicyclic amines) is 1. The summed E-state index contributed by atoms with van der Waals surface area (Å²) in [6.45, 7) is 14.0. The molecule has 35 heavy (non-hydrogen) atoms. The van der Waals surface area contributed by atoms with Crippen molar-refractivity contribution in [3.05, 3.63) is 0 Å². The summed E-state index contributed by atoms with van der Waals surface area (Å²) < 4.78 is 17.3. The molecule has 3 rings (SSSR count). The normalized spacial score (nSPS) is 31.4. The van der Waals surface area contributed by atoms with Crippen molar-refractivity contribution in [3.63, 3.8) is 0 Å². The number of rotatable bonds is 7. The molecule has 3 fully saturated rings. The zero-order chi connectivity index (χ0) is 26.4. The lowest BCUT2D eigenvalue weighted by Crippen LogP contribution is -2.53. The van der Waals surface area contributed by atoms with Crippen molar-refractivity contribution in [2.24, 2.45) is 23.5 Å². The van der Waals surface area contributed by atoms with Gasteiger partial charge in [-0.1, -0.05) is 6.42 Å². The van der Waals surface area contributed by atoms with E-state index in [1.807, 2.05) is 27.7 Å². The first kappa shape index (κ1) is 27.7. The SMILES string of the molecule is CC(C)(C)OC(=O)NCC(=O)N1C[C@@H]2C[C@@](N)(C(=O)O)[C@@H](CCCB3OC(C)(C)C(C)(C)O3)[C@@H]2C1. The molecule has 2 amide bonds. The van der Waals surface area contributed by atoms with E-state index in [1.54, 1.807) is 25.7 Å². The van der Waals surface area contributed by atoms with Gasteiger partial charge in [0, 0.05) is 13.1 Å². The number of hydrogen-bond donors (Lipinski definition) is 3. The lowest BCUT2D eigenvalue weighted by molar-refractivity contribution is -0.145. The highest BCUT2D eigenvalue weighted by molar-refractivity contribution is 6.45. The lowest BCUT2D eigenvalue weighted by atomic mass is 9.75. The van der Waals surface area contributed by atoms with E-state index in [2.05, 4.69) is 5.32 Å². The van der Waals surface area contributed by atoms with Crippen LogP contribution in [0.4, 0.5) is 4.79 Å². The van der Waals surface area contributed by atoms with Crippen LogP contribution in [0.3, 0.4) is 0 Å². The summed E-state index contributed by atoms with van der Waals surface area (Å²) in [5.41, 5.74) is 3.68. The van der Waals surface area contributed by atoms with E-state index in [-0.39, 0.29) is 37.3 Å². The minimum atomic E-state index is -1.31. The fraction of sp³-hybridized carbons (Fsp3) is 0.875. The van der Waals surface area contributed by atoms with Crippen LogP contribution in [0.5, 0.6) is 0 Å². The molecule has 1 aliphatic carbocycles. The van der Waals surface area contributed by atoms with E-state index in [1.165, 1.54) is 0 Å². The van der Waals surface area contributed by atoms with Crippen LogP contribution in [0.25, 0.3) is 0 Å². The first-order chi connectivity index (χ1) is 15.9. The number of nitrogens with zero attached hydrogens (tertiary/aromatic N) is 1. The van der Waals surface area contributed by atoms with Crippen molar-refractivity contribution in [3.8, 4) is 0 Å². The molecule has 198 valence electrons. The quantitative estimate of drug-likeness (QED) is 0.457. The number of hydrogen-bond acceptors (Lipinski definition) is 7. The Hall–Kier alpha value is -1.85. The van der Waals surface area contributed by atoms with Gasteiger partial charge in [0.15, 0.2) is 0 Å². The highest BCUT2D eigenvalue weighted by Gasteiger charge is 2.58.